The summed E-state index contributed by atoms with van der Waals surface area (Å²) in [6, 6.07) is 0.520. The van der Waals surface area contributed by atoms with Crippen LogP contribution in [0, 0.1) is 0 Å². The molecule has 0 aromatic rings. The zero-order valence-corrected chi connectivity index (χ0v) is 11.0. The second-order valence-electron chi connectivity index (χ2n) is 4.83. The smallest absolute Gasteiger partial charge is 0.240 e. The minimum atomic E-state index is 0.0188. The van der Waals surface area contributed by atoms with Crippen LogP contribution in [0.2, 0.25) is 0 Å². The van der Waals surface area contributed by atoms with Crippen LogP contribution in [0.25, 0.3) is 0 Å². The third-order valence-electron chi connectivity index (χ3n) is 3.28. The van der Waals surface area contributed by atoms with Crippen molar-refractivity contribution in [3.8, 4) is 0 Å². The SMILES string of the molecule is CCCC(C)N1CCNCC1C(=O)N(C)C. The zero-order chi connectivity index (χ0) is 12.1. The molecule has 0 aromatic heterocycles. The second kappa shape index (κ2) is 6.21. The van der Waals surface area contributed by atoms with Crippen LogP contribution in [0.1, 0.15) is 26.7 Å². The molecule has 0 radical (unpaired) electrons. The van der Waals surface area contributed by atoms with Gasteiger partial charge in [0.05, 0.1) is 0 Å². The summed E-state index contributed by atoms with van der Waals surface area (Å²) >= 11 is 0. The van der Waals surface area contributed by atoms with Gasteiger partial charge in [0.25, 0.3) is 0 Å². The fourth-order valence-electron chi connectivity index (χ4n) is 2.36. The molecule has 16 heavy (non-hydrogen) atoms. The monoisotopic (exact) mass is 227 g/mol. The molecule has 2 atom stereocenters. The maximum atomic E-state index is 12.1. The van der Waals surface area contributed by atoms with E-state index in [1.807, 2.05) is 14.1 Å². The largest absolute Gasteiger partial charge is 0.347 e. The van der Waals surface area contributed by atoms with Gasteiger partial charge in [-0.25, -0.2) is 0 Å². The predicted molar refractivity (Wildman–Crippen MR) is 66.4 cm³/mol. The molecule has 1 aliphatic heterocycles. The average molecular weight is 227 g/mol. The van der Waals surface area contributed by atoms with Crippen LogP contribution >= 0.6 is 0 Å². The third kappa shape index (κ3) is 3.19. The van der Waals surface area contributed by atoms with Crippen molar-refractivity contribution < 1.29 is 4.79 Å². The van der Waals surface area contributed by atoms with E-state index >= 15 is 0 Å². The summed E-state index contributed by atoms with van der Waals surface area (Å²) in [6.45, 7) is 7.17. The number of nitrogens with zero attached hydrogens (tertiary/aromatic N) is 2. The zero-order valence-electron chi connectivity index (χ0n) is 11.0. The number of rotatable bonds is 4. The lowest BCUT2D eigenvalue weighted by molar-refractivity contribution is -0.136. The van der Waals surface area contributed by atoms with Gasteiger partial charge in [0.15, 0.2) is 0 Å². The van der Waals surface area contributed by atoms with E-state index in [-0.39, 0.29) is 11.9 Å². The van der Waals surface area contributed by atoms with Crippen LogP contribution in [0.15, 0.2) is 0 Å². The molecule has 1 N–H and O–H groups in total. The summed E-state index contributed by atoms with van der Waals surface area (Å²) in [6.07, 6.45) is 2.34. The molecule has 0 saturated carbocycles. The van der Waals surface area contributed by atoms with E-state index in [2.05, 4.69) is 24.1 Å². The summed E-state index contributed by atoms with van der Waals surface area (Å²) in [7, 11) is 3.67. The van der Waals surface area contributed by atoms with Crippen LogP contribution in [0.4, 0.5) is 0 Å². The van der Waals surface area contributed by atoms with Crippen molar-refractivity contribution in [3.05, 3.63) is 0 Å². The van der Waals surface area contributed by atoms with Gasteiger partial charge in [-0.05, 0) is 13.3 Å². The molecule has 1 fully saturated rings. The molecular formula is C12H25N3O. The Morgan fingerprint density at radius 2 is 2.25 bits per heavy atom. The highest BCUT2D eigenvalue weighted by Gasteiger charge is 2.32. The molecule has 2 unspecified atom stereocenters. The molecule has 4 nitrogen and oxygen atoms in total. The number of hydrogen-bond acceptors (Lipinski definition) is 3. The molecule has 4 heteroatoms. The van der Waals surface area contributed by atoms with E-state index in [9.17, 15) is 4.79 Å². The van der Waals surface area contributed by atoms with Crippen molar-refractivity contribution in [1.29, 1.82) is 0 Å². The van der Waals surface area contributed by atoms with Gasteiger partial charge in [-0.1, -0.05) is 13.3 Å². The fraction of sp³-hybridized carbons (Fsp3) is 0.917. The summed E-state index contributed by atoms with van der Waals surface area (Å²) in [5, 5.41) is 3.31. The maximum Gasteiger partial charge on any atom is 0.240 e. The maximum absolute atomic E-state index is 12.1. The van der Waals surface area contributed by atoms with Gasteiger partial charge in [0, 0.05) is 39.8 Å². The van der Waals surface area contributed by atoms with Gasteiger partial charge < -0.3 is 10.2 Å². The highest BCUT2D eigenvalue weighted by molar-refractivity contribution is 5.81. The summed E-state index contributed by atoms with van der Waals surface area (Å²) in [5.41, 5.74) is 0. The van der Waals surface area contributed by atoms with Gasteiger partial charge in [0.1, 0.15) is 6.04 Å². The Morgan fingerprint density at radius 3 is 2.81 bits per heavy atom. The Bertz CT molecular complexity index is 230. The van der Waals surface area contributed by atoms with E-state index in [0.717, 1.165) is 26.1 Å². The Hall–Kier alpha value is -0.610. The quantitative estimate of drug-likeness (QED) is 0.761. The van der Waals surface area contributed by atoms with E-state index in [1.165, 1.54) is 6.42 Å². The molecule has 1 aliphatic rings. The lowest BCUT2D eigenvalue weighted by atomic mass is 10.1. The average Bonchev–Trinajstić information content (AvgIpc) is 2.28. The molecule has 0 aromatic carbocycles. The number of likely N-dealkylation sites (N-methyl/N-ethyl adjacent to an activating group) is 1. The number of carbonyl (C=O) groups excluding carboxylic acids is 1. The Labute approximate surface area is 99.0 Å². The minimum absolute atomic E-state index is 0.0188. The van der Waals surface area contributed by atoms with E-state index in [1.54, 1.807) is 4.90 Å². The molecule has 0 bridgehead atoms. The Morgan fingerprint density at radius 1 is 1.56 bits per heavy atom. The molecule has 1 amide bonds. The summed E-state index contributed by atoms with van der Waals surface area (Å²) in [4.78, 5) is 16.1. The van der Waals surface area contributed by atoms with Crippen LogP contribution in [-0.2, 0) is 4.79 Å². The van der Waals surface area contributed by atoms with Gasteiger partial charge in [-0.3, -0.25) is 9.69 Å². The van der Waals surface area contributed by atoms with Crippen molar-refractivity contribution in [2.45, 2.75) is 38.8 Å². The van der Waals surface area contributed by atoms with Gasteiger partial charge in [-0.2, -0.15) is 0 Å². The molecule has 1 heterocycles. The highest BCUT2D eigenvalue weighted by Crippen LogP contribution is 2.14. The van der Waals surface area contributed by atoms with Gasteiger partial charge in [-0.15, -0.1) is 0 Å². The normalized spacial score (nSPS) is 24.1. The summed E-state index contributed by atoms with van der Waals surface area (Å²) < 4.78 is 0. The third-order valence-corrected chi connectivity index (χ3v) is 3.28. The number of carbonyl (C=O) groups is 1. The van der Waals surface area contributed by atoms with Crippen LogP contribution in [0.3, 0.4) is 0 Å². The second-order valence-corrected chi connectivity index (χ2v) is 4.83. The van der Waals surface area contributed by atoms with Crippen molar-refractivity contribution in [2.75, 3.05) is 33.7 Å². The predicted octanol–water partition coefficient (Wildman–Crippen LogP) is 0.537. The number of piperazine rings is 1. The highest BCUT2D eigenvalue weighted by atomic mass is 16.2. The van der Waals surface area contributed by atoms with Gasteiger partial charge in [0.2, 0.25) is 5.91 Å². The number of hydrogen-bond donors (Lipinski definition) is 1. The fourth-order valence-corrected chi connectivity index (χ4v) is 2.36. The number of amides is 1. The Kier molecular flexibility index (Phi) is 5.22. The van der Waals surface area contributed by atoms with Crippen LogP contribution in [-0.4, -0.2) is 61.5 Å². The molecule has 1 rings (SSSR count). The van der Waals surface area contributed by atoms with Crippen molar-refractivity contribution in [3.63, 3.8) is 0 Å². The van der Waals surface area contributed by atoms with E-state index in [0.29, 0.717) is 6.04 Å². The van der Waals surface area contributed by atoms with E-state index < -0.39 is 0 Å². The standard InChI is InChI=1S/C12H25N3O/c1-5-6-10(2)15-8-7-13-9-11(15)12(16)14(3)4/h10-11,13H,5-9H2,1-4H3. The van der Waals surface area contributed by atoms with Crippen molar-refractivity contribution >= 4 is 5.91 Å². The van der Waals surface area contributed by atoms with Crippen LogP contribution < -0.4 is 5.32 Å². The van der Waals surface area contributed by atoms with Crippen molar-refractivity contribution in [1.82, 2.24) is 15.1 Å². The first kappa shape index (κ1) is 13.5. The van der Waals surface area contributed by atoms with Crippen LogP contribution in [0.5, 0.6) is 0 Å². The Balaban J connectivity index is 2.66. The molecule has 0 spiro atoms. The molecular weight excluding hydrogens is 202 g/mol. The lowest BCUT2D eigenvalue weighted by Crippen LogP contribution is -2.59. The molecule has 94 valence electrons. The van der Waals surface area contributed by atoms with Gasteiger partial charge >= 0.3 is 0 Å². The first-order chi connectivity index (χ1) is 7.57. The summed E-state index contributed by atoms with van der Waals surface area (Å²) in [5.74, 6) is 0.218. The lowest BCUT2D eigenvalue weighted by Gasteiger charge is -2.40. The molecule has 1 saturated heterocycles. The van der Waals surface area contributed by atoms with E-state index in [4.69, 9.17) is 0 Å². The molecule has 0 aliphatic carbocycles. The topological polar surface area (TPSA) is 35.6 Å². The first-order valence-corrected chi connectivity index (χ1v) is 6.25. The minimum Gasteiger partial charge on any atom is -0.347 e. The number of nitrogens with one attached hydrogen (secondary N) is 1. The first-order valence-electron chi connectivity index (χ1n) is 6.25. The van der Waals surface area contributed by atoms with Crippen molar-refractivity contribution in [2.24, 2.45) is 0 Å².